The molecule has 1 aromatic rings. The van der Waals surface area contributed by atoms with Gasteiger partial charge in [-0.3, -0.25) is 14.7 Å². The van der Waals surface area contributed by atoms with Crippen molar-refractivity contribution in [3.63, 3.8) is 0 Å². The lowest BCUT2D eigenvalue weighted by Crippen LogP contribution is -2.53. The molecule has 0 bridgehead atoms. The number of hydrogen-bond donors (Lipinski definition) is 1. The van der Waals surface area contributed by atoms with Crippen LogP contribution in [0.4, 0.5) is 13.2 Å². The van der Waals surface area contributed by atoms with Gasteiger partial charge in [0.1, 0.15) is 0 Å². The molecule has 0 saturated carbocycles. The number of methoxy groups -OCH3 is 1. The number of aryl methyl sites for hydroxylation is 1. The molecule has 2 saturated heterocycles. The summed E-state index contributed by atoms with van der Waals surface area (Å²) in [7, 11) is 1.70. The second-order valence-electron chi connectivity index (χ2n) is 7.61. The Morgan fingerprint density at radius 2 is 1.90 bits per heavy atom. The number of carbonyl (C=O) groups is 2. The molecule has 1 spiro atoms. The van der Waals surface area contributed by atoms with Crippen LogP contribution >= 0.6 is 0 Å². The maximum Gasteiger partial charge on any atom is 0.490 e. The Kier molecular flexibility index (Phi) is 8.19. The third-order valence-corrected chi connectivity index (χ3v) is 5.56. The summed E-state index contributed by atoms with van der Waals surface area (Å²) >= 11 is 0. The number of alkyl halides is 3. The van der Waals surface area contributed by atoms with E-state index in [1.54, 1.807) is 7.11 Å². The summed E-state index contributed by atoms with van der Waals surface area (Å²) in [5.74, 6) is -2.46. The normalized spacial score (nSPS) is 19.0. The van der Waals surface area contributed by atoms with Gasteiger partial charge in [0.15, 0.2) is 0 Å². The first-order valence-electron chi connectivity index (χ1n) is 9.82. The number of pyridine rings is 1. The second kappa shape index (κ2) is 10.2. The van der Waals surface area contributed by atoms with Crippen molar-refractivity contribution in [2.75, 3.05) is 33.4 Å². The minimum atomic E-state index is -5.08. The van der Waals surface area contributed by atoms with Crippen molar-refractivity contribution >= 4 is 11.9 Å². The average molecular weight is 431 g/mol. The molecule has 7 nitrogen and oxygen atoms in total. The summed E-state index contributed by atoms with van der Waals surface area (Å²) in [6, 6.07) is 6.21. The van der Waals surface area contributed by atoms with Crippen LogP contribution in [0.2, 0.25) is 0 Å². The Bertz CT molecular complexity index is 734. The van der Waals surface area contributed by atoms with E-state index >= 15 is 0 Å². The summed E-state index contributed by atoms with van der Waals surface area (Å²) in [5.41, 5.74) is 2.29. The van der Waals surface area contributed by atoms with Gasteiger partial charge in [0.25, 0.3) is 0 Å². The summed E-state index contributed by atoms with van der Waals surface area (Å²) in [5, 5.41) is 7.12. The van der Waals surface area contributed by atoms with Gasteiger partial charge >= 0.3 is 12.1 Å². The molecule has 0 atom stereocenters. The van der Waals surface area contributed by atoms with Gasteiger partial charge in [-0.25, -0.2) is 4.79 Å². The highest BCUT2D eigenvalue weighted by Gasteiger charge is 2.46. The van der Waals surface area contributed by atoms with Crippen LogP contribution in [0.5, 0.6) is 0 Å². The lowest BCUT2D eigenvalue weighted by Gasteiger charge is -2.45. The first-order chi connectivity index (χ1) is 14.1. The molecule has 0 radical (unpaired) electrons. The molecule has 1 amide bonds. The van der Waals surface area contributed by atoms with Gasteiger partial charge < -0.3 is 14.7 Å². The van der Waals surface area contributed by atoms with Gasteiger partial charge in [-0.05, 0) is 38.3 Å². The number of likely N-dealkylation sites (tertiary alicyclic amines) is 2. The molecule has 10 heteroatoms. The fourth-order valence-corrected chi connectivity index (χ4v) is 3.98. The summed E-state index contributed by atoms with van der Waals surface area (Å²) in [6.45, 7) is 6.37. The molecule has 3 heterocycles. The van der Waals surface area contributed by atoms with Crippen LogP contribution in [0.25, 0.3) is 0 Å². The van der Waals surface area contributed by atoms with Crippen molar-refractivity contribution in [3.8, 4) is 0 Å². The number of amides is 1. The third-order valence-electron chi connectivity index (χ3n) is 5.56. The standard InChI is InChI=1S/C18H27N3O2.C2HF3O2/c1-15-4-3-5-16(19-15)14-20-10-8-18(9-11-20)7-6-17(22)21(18)12-13-23-2;3-2(4,5)1(6)7/h3-5H,6-14H2,1-2H3;(H,6,7). The number of ether oxygens (including phenoxy) is 1. The highest BCUT2D eigenvalue weighted by atomic mass is 19.4. The lowest BCUT2D eigenvalue weighted by molar-refractivity contribution is -0.192. The molecule has 2 aliphatic rings. The van der Waals surface area contributed by atoms with E-state index in [2.05, 4.69) is 26.9 Å². The first kappa shape index (κ1) is 24.1. The molecule has 2 fully saturated rings. The fourth-order valence-electron chi connectivity index (χ4n) is 3.98. The topological polar surface area (TPSA) is 83.0 Å². The Morgan fingerprint density at radius 3 is 2.43 bits per heavy atom. The quantitative estimate of drug-likeness (QED) is 0.772. The van der Waals surface area contributed by atoms with E-state index in [-0.39, 0.29) is 5.54 Å². The molecule has 168 valence electrons. The molecular formula is C20H28F3N3O4. The van der Waals surface area contributed by atoms with Crippen molar-refractivity contribution in [2.45, 2.75) is 50.9 Å². The van der Waals surface area contributed by atoms with Gasteiger partial charge in [-0.2, -0.15) is 13.2 Å². The Labute approximate surface area is 173 Å². The molecule has 0 unspecified atom stereocenters. The van der Waals surface area contributed by atoms with Gasteiger partial charge in [0, 0.05) is 50.9 Å². The van der Waals surface area contributed by atoms with Crippen LogP contribution in [-0.2, 0) is 20.9 Å². The number of aliphatic carboxylic acids is 1. The number of carboxylic acids is 1. The van der Waals surface area contributed by atoms with Gasteiger partial charge in [-0.1, -0.05) is 6.07 Å². The average Bonchev–Trinajstić information content (AvgIpc) is 2.97. The molecule has 30 heavy (non-hydrogen) atoms. The zero-order valence-corrected chi connectivity index (χ0v) is 17.2. The second-order valence-corrected chi connectivity index (χ2v) is 7.61. The number of nitrogens with zero attached hydrogens (tertiary/aromatic N) is 3. The fraction of sp³-hybridized carbons (Fsp3) is 0.650. The molecule has 3 rings (SSSR count). The smallest absolute Gasteiger partial charge is 0.475 e. The van der Waals surface area contributed by atoms with Crippen LogP contribution in [0.1, 0.15) is 37.1 Å². The van der Waals surface area contributed by atoms with Gasteiger partial charge in [-0.15, -0.1) is 0 Å². The van der Waals surface area contributed by atoms with Crippen LogP contribution in [0.15, 0.2) is 18.2 Å². The number of rotatable bonds is 5. The zero-order chi connectivity index (χ0) is 22.4. The molecule has 0 aliphatic carbocycles. The Hall–Kier alpha value is -2.20. The molecular weight excluding hydrogens is 403 g/mol. The Morgan fingerprint density at radius 1 is 1.27 bits per heavy atom. The monoisotopic (exact) mass is 431 g/mol. The number of hydrogen-bond acceptors (Lipinski definition) is 5. The number of carbonyl (C=O) groups excluding carboxylic acids is 1. The largest absolute Gasteiger partial charge is 0.490 e. The molecule has 1 aromatic heterocycles. The van der Waals surface area contributed by atoms with Crippen LogP contribution in [-0.4, -0.2) is 76.8 Å². The number of halogens is 3. The van der Waals surface area contributed by atoms with Crippen LogP contribution in [0.3, 0.4) is 0 Å². The lowest BCUT2D eigenvalue weighted by atomic mass is 9.85. The SMILES string of the molecule is COCCN1C(=O)CCC12CCN(Cc1cccc(C)n1)CC2.O=C(O)C(F)(F)F. The summed E-state index contributed by atoms with van der Waals surface area (Å²) in [4.78, 5) is 30.3. The van der Waals surface area contributed by atoms with Crippen LogP contribution < -0.4 is 0 Å². The van der Waals surface area contributed by atoms with E-state index in [0.717, 1.165) is 56.8 Å². The predicted molar refractivity (Wildman–Crippen MR) is 103 cm³/mol. The molecule has 0 aromatic carbocycles. The van der Waals surface area contributed by atoms with E-state index in [4.69, 9.17) is 14.6 Å². The number of carboxylic acid groups (broad SMARTS) is 1. The van der Waals surface area contributed by atoms with Crippen molar-refractivity contribution in [2.24, 2.45) is 0 Å². The minimum absolute atomic E-state index is 0.0755. The maximum absolute atomic E-state index is 12.2. The van der Waals surface area contributed by atoms with Crippen molar-refractivity contribution in [3.05, 3.63) is 29.6 Å². The predicted octanol–water partition coefficient (Wildman–Crippen LogP) is 2.63. The zero-order valence-electron chi connectivity index (χ0n) is 17.2. The highest BCUT2D eigenvalue weighted by Crippen LogP contribution is 2.39. The summed E-state index contributed by atoms with van der Waals surface area (Å²) < 4.78 is 36.9. The Balaban J connectivity index is 0.000000396. The first-order valence-corrected chi connectivity index (χ1v) is 9.82. The van der Waals surface area contributed by atoms with E-state index in [9.17, 15) is 18.0 Å². The summed E-state index contributed by atoms with van der Waals surface area (Å²) in [6.07, 6.45) is -1.25. The van der Waals surface area contributed by atoms with E-state index < -0.39 is 12.1 Å². The maximum atomic E-state index is 12.2. The third kappa shape index (κ3) is 6.40. The van der Waals surface area contributed by atoms with Crippen LogP contribution in [0, 0.1) is 6.92 Å². The van der Waals surface area contributed by atoms with Crippen molar-refractivity contribution in [1.29, 1.82) is 0 Å². The highest BCUT2D eigenvalue weighted by molar-refractivity contribution is 5.79. The van der Waals surface area contributed by atoms with Gasteiger partial charge in [0.2, 0.25) is 5.91 Å². The number of aromatic nitrogens is 1. The minimum Gasteiger partial charge on any atom is -0.475 e. The molecule has 2 aliphatic heterocycles. The van der Waals surface area contributed by atoms with E-state index in [1.165, 1.54) is 0 Å². The molecule has 1 N–H and O–H groups in total. The van der Waals surface area contributed by atoms with Crippen molar-refractivity contribution in [1.82, 2.24) is 14.8 Å². The van der Waals surface area contributed by atoms with E-state index in [1.807, 2.05) is 13.0 Å². The van der Waals surface area contributed by atoms with Crippen molar-refractivity contribution < 1.29 is 32.6 Å². The van der Waals surface area contributed by atoms with Gasteiger partial charge in [0.05, 0.1) is 12.3 Å². The van der Waals surface area contributed by atoms with E-state index in [0.29, 0.717) is 18.9 Å². The number of piperidine rings is 1.